The third-order valence-electron chi connectivity index (χ3n) is 4.80. The Morgan fingerprint density at radius 2 is 1.86 bits per heavy atom. The first-order valence-electron chi connectivity index (χ1n) is 7.84. The zero-order valence-electron chi connectivity index (χ0n) is 13.1. The SMILES string of the molecule is COC(=O)C1CCN(C(=O)CN2CCC(N)C(C)C2)CC1. The summed E-state index contributed by atoms with van der Waals surface area (Å²) in [4.78, 5) is 27.9. The molecule has 0 aromatic heterocycles. The number of carbonyl (C=O) groups excluding carboxylic acids is 2. The lowest BCUT2D eigenvalue weighted by molar-refractivity contribution is -0.149. The van der Waals surface area contributed by atoms with Crippen LogP contribution in [0.3, 0.4) is 0 Å². The number of amides is 1. The fourth-order valence-corrected chi connectivity index (χ4v) is 3.22. The van der Waals surface area contributed by atoms with Crippen LogP contribution in [0.1, 0.15) is 26.2 Å². The van der Waals surface area contributed by atoms with E-state index in [1.807, 2.05) is 4.90 Å². The summed E-state index contributed by atoms with van der Waals surface area (Å²) in [5.74, 6) is 0.408. The van der Waals surface area contributed by atoms with Crippen molar-refractivity contribution >= 4 is 11.9 Å². The van der Waals surface area contributed by atoms with Crippen LogP contribution in [0.25, 0.3) is 0 Å². The average Bonchev–Trinajstić information content (AvgIpc) is 2.50. The molecule has 2 rings (SSSR count). The average molecular weight is 297 g/mol. The van der Waals surface area contributed by atoms with E-state index in [4.69, 9.17) is 10.5 Å². The molecule has 2 saturated heterocycles. The Bertz CT molecular complexity index is 380. The van der Waals surface area contributed by atoms with Gasteiger partial charge in [-0.25, -0.2) is 0 Å². The lowest BCUT2D eigenvalue weighted by atomic mass is 9.94. The maximum atomic E-state index is 12.3. The largest absolute Gasteiger partial charge is 0.469 e. The van der Waals surface area contributed by atoms with E-state index in [2.05, 4.69) is 11.8 Å². The van der Waals surface area contributed by atoms with Crippen LogP contribution in [0.5, 0.6) is 0 Å². The summed E-state index contributed by atoms with van der Waals surface area (Å²) in [7, 11) is 1.42. The summed E-state index contributed by atoms with van der Waals surface area (Å²) < 4.78 is 4.77. The second-order valence-electron chi connectivity index (χ2n) is 6.34. The molecular weight excluding hydrogens is 270 g/mol. The first-order chi connectivity index (χ1) is 10.0. The maximum Gasteiger partial charge on any atom is 0.308 e. The molecule has 2 aliphatic heterocycles. The van der Waals surface area contributed by atoms with Gasteiger partial charge in [0.2, 0.25) is 5.91 Å². The van der Waals surface area contributed by atoms with Crippen LogP contribution in [0.15, 0.2) is 0 Å². The molecule has 6 nitrogen and oxygen atoms in total. The molecule has 2 aliphatic rings. The number of nitrogens with two attached hydrogens (primary N) is 1. The highest BCUT2D eigenvalue weighted by molar-refractivity contribution is 5.79. The minimum Gasteiger partial charge on any atom is -0.469 e. The summed E-state index contributed by atoms with van der Waals surface area (Å²) in [6, 6.07) is 0.257. The Hall–Kier alpha value is -1.14. The van der Waals surface area contributed by atoms with E-state index < -0.39 is 0 Å². The van der Waals surface area contributed by atoms with Crippen molar-refractivity contribution in [1.29, 1.82) is 0 Å². The van der Waals surface area contributed by atoms with Crippen molar-refractivity contribution in [2.45, 2.75) is 32.2 Å². The molecule has 0 spiro atoms. The number of hydrogen-bond donors (Lipinski definition) is 1. The van der Waals surface area contributed by atoms with Crippen molar-refractivity contribution in [3.8, 4) is 0 Å². The van der Waals surface area contributed by atoms with Gasteiger partial charge in [0.25, 0.3) is 0 Å². The molecule has 0 aromatic rings. The van der Waals surface area contributed by atoms with Crippen LogP contribution >= 0.6 is 0 Å². The van der Waals surface area contributed by atoms with E-state index >= 15 is 0 Å². The predicted octanol–water partition coefficient (Wildman–Crippen LogP) is 0.0671. The number of nitrogens with zero attached hydrogens (tertiary/aromatic N) is 2. The van der Waals surface area contributed by atoms with Crippen LogP contribution in [0.4, 0.5) is 0 Å². The van der Waals surface area contributed by atoms with Crippen LogP contribution in [-0.4, -0.2) is 67.6 Å². The van der Waals surface area contributed by atoms with Crippen molar-refractivity contribution in [2.24, 2.45) is 17.6 Å². The quantitative estimate of drug-likeness (QED) is 0.746. The van der Waals surface area contributed by atoms with Crippen molar-refractivity contribution < 1.29 is 14.3 Å². The van der Waals surface area contributed by atoms with Gasteiger partial charge < -0.3 is 15.4 Å². The van der Waals surface area contributed by atoms with E-state index in [1.165, 1.54) is 7.11 Å². The molecule has 0 radical (unpaired) electrons. The van der Waals surface area contributed by atoms with Crippen LogP contribution < -0.4 is 5.73 Å². The maximum absolute atomic E-state index is 12.3. The highest BCUT2D eigenvalue weighted by atomic mass is 16.5. The number of carbonyl (C=O) groups is 2. The summed E-state index contributed by atoms with van der Waals surface area (Å²) in [5, 5.41) is 0. The van der Waals surface area contributed by atoms with Crippen LogP contribution in [0, 0.1) is 11.8 Å². The van der Waals surface area contributed by atoms with Gasteiger partial charge in [0, 0.05) is 32.2 Å². The number of piperidine rings is 2. The summed E-state index contributed by atoms with van der Waals surface area (Å²) >= 11 is 0. The summed E-state index contributed by atoms with van der Waals surface area (Å²) in [6.45, 7) is 5.72. The van der Waals surface area contributed by atoms with Crippen LogP contribution in [0.2, 0.25) is 0 Å². The zero-order chi connectivity index (χ0) is 15.4. The first-order valence-corrected chi connectivity index (χ1v) is 7.84. The number of ether oxygens (including phenoxy) is 1. The molecule has 2 N–H and O–H groups in total. The standard InChI is InChI=1S/C15H27N3O3/c1-11-9-17(6-5-13(11)16)10-14(19)18-7-3-12(4-8-18)15(20)21-2/h11-13H,3-10,16H2,1-2H3. The fourth-order valence-electron chi connectivity index (χ4n) is 3.22. The highest BCUT2D eigenvalue weighted by Gasteiger charge is 2.30. The smallest absolute Gasteiger partial charge is 0.308 e. The van der Waals surface area contributed by atoms with Gasteiger partial charge in [0.05, 0.1) is 19.6 Å². The molecule has 21 heavy (non-hydrogen) atoms. The van der Waals surface area contributed by atoms with Gasteiger partial charge in [-0.05, 0) is 25.2 Å². The molecule has 0 bridgehead atoms. The molecule has 0 aromatic carbocycles. The minimum absolute atomic E-state index is 0.0490. The van der Waals surface area contributed by atoms with E-state index in [0.29, 0.717) is 38.4 Å². The molecule has 2 fully saturated rings. The first kappa shape index (κ1) is 16.2. The van der Waals surface area contributed by atoms with Crippen molar-refractivity contribution in [3.63, 3.8) is 0 Å². The topological polar surface area (TPSA) is 75.9 Å². The molecule has 2 atom stereocenters. The molecule has 0 saturated carbocycles. The van der Waals surface area contributed by atoms with Gasteiger partial charge in [0.15, 0.2) is 0 Å². The van der Waals surface area contributed by atoms with Gasteiger partial charge in [-0.3, -0.25) is 14.5 Å². The van der Waals surface area contributed by atoms with Crippen LogP contribution in [-0.2, 0) is 14.3 Å². The summed E-state index contributed by atoms with van der Waals surface area (Å²) in [5.41, 5.74) is 6.01. The third-order valence-corrected chi connectivity index (χ3v) is 4.80. The minimum atomic E-state index is -0.152. The predicted molar refractivity (Wildman–Crippen MR) is 79.5 cm³/mol. The van der Waals surface area contributed by atoms with Gasteiger partial charge >= 0.3 is 5.97 Å². The number of esters is 1. The molecular formula is C15H27N3O3. The second kappa shape index (κ2) is 7.22. The Morgan fingerprint density at radius 1 is 1.19 bits per heavy atom. The number of likely N-dealkylation sites (tertiary alicyclic amines) is 2. The molecule has 2 heterocycles. The molecule has 0 aliphatic carbocycles. The number of rotatable bonds is 3. The number of methoxy groups -OCH3 is 1. The zero-order valence-corrected chi connectivity index (χ0v) is 13.1. The van der Waals surface area contributed by atoms with E-state index in [1.54, 1.807) is 0 Å². The number of hydrogen-bond acceptors (Lipinski definition) is 5. The fraction of sp³-hybridized carbons (Fsp3) is 0.867. The van der Waals surface area contributed by atoms with E-state index in [9.17, 15) is 9.59 Å². The molecule has 2 unspecified atom stereocenters. The molecule has 1 amide bonds. The third kappa shape index (κ3) is 4.17. The Balaban J connectivity index is 1.76. The van der Waals surface area contributed by atoms with Gasteiger partial charge in [-0.15, -0.1) is 0 Å². The summed E-state index contributed by atoms with van der Waals surface area (Å²) in [6.07, 6.45) is 2.37. The highest BCUT2D eigenvalue weighted by Crippen LogP contribution is 2.19. The Morgan fingerprint density at radius 3 is 2.43 bits per heavy atom. The Labute approximate surface area is 126 Å². The van der Waals surface area contributed by atoms with E-state index in [0.717, 1.165) is 19.5 Å². The monoisotopic (exact) mass is 297 g/mol. The molecule has 120 valence electrons. The van der Waals surface area contributed by atoms with Gasteiger partial charge in [-0.1, -0.05) is 6.92 Å². The second-order valence-corrected chi connectivity index (χ2v) is 6.34. The normalized spacial score (nSPS) is 28.4. The Kier molecular flexibility index (Phi) is 5.58. The van der Waals surface area contributed by atoms with Crippen molar-refractivity contribution in [3.05, 3.63) is 0 Å². The molecule has 6 heteroatoms. The van der Waals surface area contributed by atoms with Gasteiger partial charge in [-0.2, -0.15) is 0 Å². The van der Waals surface area contributed by atoms with E-state index in [-0.39, 0.29) is 23.8 Å². The van der Waals surface area contributed by atoms with Gasteiger partial charge in [0.1, 0.15) is 0 Å². The van der Waals surface area contributed by atoms with Crippen molar-refractivity contribution in [2.75, 3.05) is 39.8 Å². The lowest BCUT2D eigenvalue weighted by Crippen LogP contribution is -2.50. The lowest BCUT2D eigenvalue weighted by Gasteiger charge is -2.37. The van der Waals surface area contributed by atoms with Crippen molar-refractivity contribution in [1.82, 2.24) is 9.80 Å².